The third kappa shape index (κ3) is 7.29. The first-order valence-corrected chi connectivity index (χ1v) is 14.4. The molecule has 2 fully saturated rings. The second kappa shape index (κ2) is 13.1. The first kappa shape index (κ1) is 27.9. The predicted octanol–water partition coefficient (Wildman–Crippen LogP) is 5.96. The van der Waals surface area contributed by atoms with Gasteiger partial charge in [-0.15, -0.1) is 0 Å². The zero-order valence-electron chi connectivity index (χ0n) is 23.6. The van der Waals surface area contributed by atoms with Crippen LogP contribution >= 0.6 is 0 Å². The lowest BCUT2D eigenvalue weighted by Crippen LogP contribution is -2.36. The Morgan fingerprint density at radius 3 is 2.48 bits per heavy atom. The molecule has 0 bridgehead atoms. The van der Waals surface area contributed by atoms with E-state index < -0.39 is 0 Å². The van der Waals surface area contributed by atoms with E-state index in [1.165, 1.54) is 19.3 Å². The Morgan fingerprint density at radius 1 is 0.850 bits per heavy atom. The van der Waals surface area contributed by atoms with E-state index in [0.29, 0.717) is 30.0 Å². The molecule has 2 aliphatic rings. The fraction of sp³-hybridized carbons (Fsp3) is 0.394. The van der Waals surface area contributed by atoms with Crippen molar-refractivity contribution in [2.24, 2.45) is 5.92 Å². The van der Waals surface area contributed by atoms with Gasteiger partial charge in [0.05, 0.1) is 13.2 Å². The van der Waals surface area contributed by atoms with Crippen LogP contribution in [0.1, 0.15) is 58.0 Å². The second-order valence-electron chi connectivity index (χ2n) is 11.1. The number of carbonyl (C=O) groups excluding carboxylic acids is 2. The minimum atomic E-state index is -0.219. The van der Waals surface area contributed by atoms with Gasteiger partial charge in [-0.25, -0.2) is 0 Å². The monoisotopic (exact) mass is 540 g/mol. The highest BCUT2D eigenvalue weighted by molar-refractivity contribution is 6.08. The maximum atomic E-state index is 13.2. The second-order valence-corrected chi connectivity index (χ2v) is 11.1. The molecule has 7 nitrogen and oxygen atoms in total. The Balaban J connectivity index is 1.24. The van der Waals surface area contributed by atoms with Crippen molar-refractivity contribution < 1.29 is 14.3 Å². The number of ether oxygens (including phenoxy) is 1. The number of carbonyl (C=O) groups is 2. The molecule has 0 aromatic heterocycles. The van der Waals surface area contributed by atoms with E-state index in [0.717, 1.165) is 61.1 Å². The average molecular weight is 541 g/mol. The number of hydrogen-bond donors (Lipinski definition) is 2. The number of likely N-dealkylation sites (tertiary alicyclic amines) is 1. The van der Waals surface area contributed by atoms with E-state index in [1.54, 1.807) is 12.1 Å². The molecular weight excluding hydrogens is 500 g/mol. The van der Waals surface area contributed by atoms with E-state index in [2.05, 4.69) is 33.4 Å². The van der Waals surface area contributed by atoms with Gasteiger partial charge in [0.2, 0.25) is 0 Å². The molecule has 0 aliphatic carbocycles. The molecule has 2 heterocycles. The molecule has 2 saturated heterocycles. The van der Waals surface area contributed by atoms with Crippen molar-refractivity contribution in [3.8, 4) is 0 Å². The van der Waals surface area contributed by atoms with Gasteiger partial charge in [-0.05, 0) is 98.8 Å². The Kier molecular flexibility index (Phi) is 9.14. The van der Waals surface area contributed by atoms with E-state index in [4.69, 9.17) is 4.74 Å². The summed E-state index contributed by atoms with van der Waals surface area (Å²) in [7, 11) is 0. The zero-order valence-corrected chi connectivity index (χ0v) is 23.6. The number of amides is 2. The maximum Gasteiger partial charge on any atom is 0.255 e. The van der Waals surface area contributed by atoms with Gasteiger partial charge >= 0.3 is 0 Å². The van der Waals surface area contributed by atoms with Crippen LogP contribution in [0.3, 0.4) is 0 Å². The first-order valence-electron chi connectivity index (χ1n) is 14.4. The van der Waals surface area contributed by atoms with Crippen LogP contribution in [0.15, 0.2) is 66.7 Å². The van der Waals surface area contributed by atoms with Gasteiger partial charge in [0.15, 0.2) is 0 Å². The number of hydrogen-bond acceptors (Lipinski definition) is 5. The fourth-order valence-corrected chi connectivity index (χ4v) is 5.45. The minimum absolute atomic E-state index is 0.176. The molecule has 0 saturated carbocycles. The van der Waals surface area contributed by atoms with Gasteiger partial charge in [0.25, 0.3) is 11.8 Å². The van der Waals surface area contributed by atoms with Gasteiger partial charge in [0, 0.05) is 47.8 Å². The summed E-state index contributed by atoms with van der Waals surface area (Å²) in [4.78, 5) is 31.1. The summed E-state index contributed by atoms with van der Waals surface area (Å²) in [5, 5.41) is 6.04. The molecule has 3 aromatic carbocycles. The highest BCUT2D eigenvalue weighted by Gasteiger charge is 2.17. The van der Waals surface area contributed by atoms with E-state index in [1.807, 2.05) is 55.5 Å². The van der Waals surface area contributed by atoms with Crippen molar-refractivity contribution in [3.63, 3.8) is 0 Å². The highest BCUT2D eigenvalue weighted by Crippen LogP contribution is 2.23. The number of nitrogens with one attached hydrogen (secondary N) is 2. The van der Waals surface area contributed by atoms with Crippen molar-refractivity contribution in [2.45, 2.75) is 39.7 Å². The van der Waals surface area contributed by atoms with Crippen LogP contribution < -0.4 is 15.5 Å². The molecule has 210 valence electrons. The summed E-state index contributed by atoms with van der Waals surface area (Å²) >= 11 is 0. The van der Waals surface area contributed by atoms with Gasteiger partial charge < -0.3 is 20.3 Å². The standard InChI is InChI=1S/C33H40N4O3/c1-24-6-5-14-36(15-13-24)23-26-7-3-8-27(20-26)33(39)35-31-21-28(12-11-25(31)2)32(38)34-29-9-4-10-30(22-29)37-16-18-40-19-17-37/h3-4,7-12,20-22,24H,5-6,13-19,23H2,1-2H3,(H,34,38)(H,35,39). The Bertz CT molecular complexity index is 1330. The molecule has 0 spiro atoms. The van der Waals surface area contributed by atoms with Gasteiger partial charge in [-0.3, -0.25) is 14.5 Å². The summed E-state index contributed by atoms with van der Waals surface area (Å²) in [5.74, 6) is 0.386. The molecule has 0 radical (unpaired) electrons. The smallest absolute Gasteiger partial charge is 0.255 e. The van der Waals surface area contributed by atoms with Crippen LogP contribution in [0.4, 0.5) is 17.1 Å². The zero-order chi connectivity index (χ0) is 27.9. The molecule has 1 atom stereocenters. The van der Waals surface area contributed by atoms with Crippen LogP contribution in [0.2, 0.25) is 0 Å². The van der Waals surface area contributed by atoms with Crippen molar-refractivity contribution in [3.05, 3.63) is 89.0 Å². The molecule has 3 aromatic rings. The molecule has 5 rings (SSSR count). The summed E-state index contributed by atoms with van der Waals surface area (Å²) < 4.78 is 5.45. The van der Waals surface area contributed by atoms with Gasteiger partial charge in [-0.1, -0.05) is 31.2 Å². The van der Waals surface area contributed by atoms with E-state index in [-0.39, 0.29) is 11.8 Å². The van der Waals surface area contributed by atoms with Gasteiger partial charge in [-0.2, -0.15) is 0 Å². The number of rotatable bonds is 7. The van der Waals surface area contributed by atoms with Crippen molar-refractivity contribution in [1.29, 1.82) is 0 Å². The van der Waals surface area contributed by atoms with Gasteiger partial charge in [0.1, 0.15) is 0 Å². The summed E-state index contributed by atoms with van der Waals surface area (Å²) in [5.41, 5.74) is 5.57. The third-order valence-corrected chi connectivity index (χ3v) is 7.93. The molecule has 2 N–H and O–H groups in total. The van der Waals surface area contributed by atoms with E-state index >= 15 is 0 Å². The molecule has 7 heteroatoms. The molecule has 2 aliphatic heterocycles. The Morgan fingerprint density at radius 2 is 1.62 bits per heavy atom. The quantitative estimate of drug-likeness (QED) is 0.387. The number of morpholine rings is 1. The van der Waals surface area contributed by atoms with Crippen LogP contribution in [0, 0.1) is 12.8 Å². The molecular formula is C33H40N4O3. The third-order valence-electron chi connectivity index (χ3n) is 7.93. The fourth-order valence-electron chi connectivity index (χ4n) is 5.45. The van der Waals surface area contributed by atoms with E-state index in [9.17, 15) is 9.59 Å². The Labute approximate surface area is 237 Å². The topological polar surface area (TPSA) is 73.9 Å². The number of aryl methyl sites for hydroxylation is 1. The lowest BCUT2D eigenvalue weighted by atomic mass is 10.0. The highest BCUT2D eigenvalue weighted by atomic mass is 16.5. The number of benzene rings is 3. The summed E-state index contributed by atoms with van der Waals surface area (Å²) in [6.45, 7) is 10.4. The minimum Gasteiger partial charge on any atom is -0.378 e. The number of nitrogens with zero attached hydrogens (tertiary/aromatic N) is 2. The normalized spacial score (nSPS) is 18.1. The molecule has 2 amide bonds. The predicted molar refractivity (Wildman–Crippen MR) is 161 cm³/mol. The summed E-state index contributed by atoms with van der Waals surface area (Å²) in [6.07, 6.45) is 3.74. The van der Waals surface area contributed by atoms with Crippen LogP contribution in [-0.2, 0) is 11.3 Å². The van der Waals surface area contributed by atoms with Crippen LogP contribution in [-0.4, -0.2) is 56.1 Å². The summed E-state index contributed by atoms with van der Waals surface area (Å²) in [6, 6.07) is 21.1. The number of anilines is 3. The molecule has 40 heavy (non-hydrogen) atoms. The van der Waals surface area contributed by atoms with Crippen molar-refractivity contribution >= 4 is 28.9 Å². The average Bonchev–Trinajstić information content (AvgIpc) is 3.18. The first-order chi connectivity index (χ1) is 19.4. The molecule has 1 unspecified atom stereocenters. The Hall–Kier alpha value is -3.68. The largest absolute Gasteiger partial charge is 0.378 e. The SMILES string of the molecule is Cc1ccc(C(=O)Nc2cccc(N3CCOCC3)c2)cc1NC(=O)c1cccc(CN2CCCC(C)CC2)c1. The van der Waals surface area contributed by atoms with Crippen LogP contribution in [0.5, 0.6) is 0 Å². The van der Waals surface area contributed by atoms with Crippen molar-refractivity contribution in [1.82, 2.24) is 4.90 Å². The lowest BCUT2D eigenvalue weighted by molar-refractivity contribution is 0.101. The van der Waals surface area contributed by atoms with Crippen LogP contribution in [0.25, 0.3) is 0 Å². The lowest BCUT2D eigenvalue weighted by Gasteiger charge is -2.29. The maximum absolute atomic E-state index is 13.2. The van der Waals surface area contributed by atoms with Crippen molar-refractivity contribution in [2.75, 3.05) is 54.9 Å².